The first kappa shape index (κ1) is 12.4. The third-order valence-electron chi connectivity index (χ3n) is 3.33. The van der Waals surface area contributed by atoms with Crippen molar-refractivity contribution < 1.29 is 14.6 Å². The van der Waals surface area contributed by atoms with Crippen molar-refractivity contribution >= 4 is 28.5 Å². The number of carbonyl (C=O) groups is 1. The SMILES string of the molecule is O=C(O)c1ccc(Cl)c2nn(C3CCCCO3)cc12. The van der Waals surface area contributed by atoms with Gasteiger partial charge in [-0.2, -0.15) is 5.10 Å². The first-order chi connectivity index (χ1) is 9.16. The highest BCUT2D eigenvalue weighted by atomic mass is 35.5. The van der Waals surface area contributed by atoms with Crippen LogP contribution in [0.5, 0.6) is 0 Å². The van der Waals surface area contributed by atoms with Crippen LogP contribution in [0, 0.1) is 0 Å². The highest BCUT2D eigenvalue weighted by Gasteiger charge is 2.20. The summed E-state index contributed by atoms with van der Waals surface area (Å²) in [5, 5.41) is 14.6. The number of aromatic nitrogens is 2. The molecule has 0 saturated carbocycles. The molecule has 19 heavy (non-hydrogen) atoms. The largest absolute Gasteiger partial charge is 0.478 e. The molecule has 1 aromatic heterocycles. The first-order valence-electron chi connectivity index (χ1n) is 6.19. The van der Waals surface area contributed by atoms with Gasteiger partial charge in [0.25, 0.3) is 0 Å². The van der Waals surface area contributed by atoms with E-state index in [1.165, 1.54) is 6.07 Å². The Kier molecular flexibility index (Phi) is 3.16. The van der Waals surface area contributed by atoms with Crippen LogP contribution in [-0.4, -0.2) is 27.5 Å². The van der Waals surface area contributed by atoms with Crippen molar-refractivity contribution in [3.63, 3.8) is 0 Å². The number of aromatic carboxylic acids is 1. The molecule has 1 atom stereocenters. The number of nitrogens with zero attached hydrogens (tertiary/aromatic N) is 2. The van der Waals surface area contributed by atoms with E-state index >= 15 is 0 Å². The monoisotopic (exact) mass is 280 g/mol. The molecule has 0 aliphatic carbocycles. The number of hydrogen-bond donors (Lipinski definition) is 1. The molecule has 0 amide bonds. The normalized spacial score (nSPS) is 19.7. The Hall–Kier alpha value is -1.59. The van der Waals surface area contributed by atoms with Gasteiger partial charge in [0.05, 0.1) is 10.6 Å². The lowest BCUT2D eigenvalue weighted by Crippen LogP contribution is -2.18. The van der Waals surface area contributed by atoms with E-state index in [0.29, 0.717) is 22.5 Å². The molecule has 2 heterocycles. The number of carboxylic acid groups (broad SMARTS) is 1. The molecule has 1 N–H and O–H groups in total. The van der Waals surface area contributed by atoms with E-state index in [-0.39, 0.29) is 11.8 Å². The van der Waals surface area contributed by atoms with Gasteiger partial charge in [0.15, 0.2) is 0 Å². The summed E-state index contributed by atoms with van der Waals surface area (Å²) in [6, 6.07) is 3.06. The van der Waals surface area contributed by atoms with Crippen molar-refractivity contribution in [2.45, 2.75) is 25.5 Å². The van der Waals surface area contributed by atoms with Gasteiger partial charge in [-0.15, -0.1) is 0 Å². The van der Waals surface area contributed by atoms with E-state index in [1.807, 2.05) is 0 Å². The van der Waals surface area contributed by atoms with Crippen LogP contribution in [-0.2, 0) is 4.74 Å². The molecule has 0 spiro atoms. The zero-order chi connectivity index (χ0) is 13.4. The smallest absolute Gasteiger partial charge is 0.336 e. The number of fused-ring (bicyclic) bond motifs is 1. The van der Waals surface area contributed by atoms with E-state index < -0.39 is 5.97 Å². The third kappa shape index (κ3) is 2.19. The maximum Gasteiger partial charge on any atom is 0.336 e. The predicted octanol–water partition coefficient (Wildman–Crippen LogP) is 3.09. The second kappa shape index (κ2) is 4.83. The van der Waals surface area contributed by atoms with Crippen LogP contribution >= 0.6 is 11.6 Å². The minimum absolute atomic E-state index is 0.126. The Bertz CT molecular complexity index is 632. The van der Waals surface area contributed by atoms with Gasteiger partial charge in [0.2, 0.25) is 0 Å². The number of benzene rings is 1. The van der Waals surface area contributed by atoms with Crippen LogP contribution in [0.2, 0.25) is 5.02 Å². The molecular weight excluding hydrogens is 268 g/mol. The van der Waals surface area contributed by atoms with Crippen molar-refractivity contribution in [3.8, 4) is 0 Å². The highest BCUT2D eigenvalue weighted by molar-refractivity contribution is 6.35. The Morgan fingerprint density at radius 2 is 2.32 bits per heavy atom. The van der Waals surface area contributed by atoms with Gasteiger partial charge in [-0.3, -0.25) is 0 Å². The van der Waals surface area contributed by atoms with Crippen LogP contribution < -0.4 is 0 Å². The van der Waals surface area contributed by atoms with Crippen molar-refractivity contribution in [2.75, 3.05) is 6.61 Å². The molecular formula is C13H13ClN2O3. The Balaban J connectivity index is 2.10. The molecule has 0 radical (unpaired) electrons. The second-order valence-corrected chi connectivity index (χ2v) is 5.00. The van der Waals surface area contributed by atoms with Crippen molar-refractivity contribution in [3.05, 3.63) is 28.9 Å². The third-order valence-corrected chi connectivity index (χ3v) is 3.63. The average Bonchev–Trinajstić information content (AvgIpc) is 2.85. The van der Waals surface area contributed by atoms with Gasteiger partial charge in [0, 0.05) is 18.2 Å². The lowest BCUT2D eigenvalue weighted by Gasteiger charge is -2.22. The minimum atomic E-state index is -0.981. The number of ether oxygens (including phenoxy) is 1. The number of rotatable bonds is 2. The molecule has 1 fully saturated rings. The van der Waals surface area contributed by atoms with Gasteiger partial charge in [-0.05, 0) is 31.4 Å². The highest BCUT2D eigenvalue weighted by Crippen LogP contribution is 2.29. The Labute approximate surface area is 114 Å². The number of carboxylic acids is 1. The zero-order valence-electron chi connectivity index (χ0n) is 10.2. The Morgan fingerprint density at radius 1 is 1.47 bits per heavy atom. The number of halogens is 1. The molecule has 1 unspecified atom stereocenters. The quantitative estimate of drug-likeness (QED) is 0.918. The van der Waals surface area contributed by atoms with E-state index in [9.17, 15) is 9.90 Å². The van der Waals surface area contributed by atoms with E-state index in [1.54, 1.807) is 16.9 Å². The Morgan fingerprint density at radius 3 is 3.00 bits per heavy atom. The summed E-state index contributed by atoms with van der Waals surface area (Å²) in [7, 11) is 0. The summed E-state index contributed by atoms with van der Waals surface area (Å²) in [5.74, 6) is -0.981. The molecule has 1 saturated heterocycles. The molecule has 3 rings (SSSR count). The lowest BCUT2D eigenvalue weighted by molar-refractivity contribution is -0.0390. The van der Waals surface area contributed by atoms with Crippen LogP contribution in [0.25, 0.3) is 10.9 Å². The fraction of sp³-hybridized carbons (Fsp3) is 0.385. The second-order valence-electron chi connectivity index (χ2n) is 4.59. The van der Waals surface area contributed by atoms with Crippen LogP contribution in [0.3, 0.4) is 0 Å². The van der Waals surface area contributed by atoms with Gasteiger partial charge >= 0.3 is 5.97 Å². The topological polar surface area (TPSA) is 64.3 Å². The van der Waals surface area contributed by atoms with E-state index in [4.69, 9.17) is 16.3 Å². The van der Waals surface area contributed by atoms with E-state index in [2.05, 4.69) is 5.10 Å². The van der Waals surface area contributed by atoms with Crippen molar-refractivity contribution in [2.24, 2.45) is 0 Å². The summed E-state index contributed by atoms with van der Waals surface area (Å²) in [4.78, 5) is 11.2. The molecule has 100 valence electrons. The minimum Gasteiger partial charge on any atom is -0.478 e. The predicted molar refractivity (Wildman–Crippen MR) is 70.5 cm³/mol. The van der Waals surface area contributed by atoms with Crippen LogP contribution in [0.4, 0.5) is 0 Å². The average molecular weight is 281 g/mol. The zero-order valence-corrected chi connectivity index (χ0v) is 10.9. The molecule has 2 aromatic rings. The van der Waals surface area contributed by atoms with Crippen molar-refractivity contribution in [1.82, 2.24) is 9.78 Å². The van der Waals surface area contributed by atoms with E-state index in [0.717, 1.165) is 19.3 Å². The fourth-order valence-electron chi connectivity index (χ4n) is 2.36. The van der Waals surface area contributed by atoms with Gasteiger partial charge in [0.1, 0.15) is 11.7 Å². The maximum absolute atomic E-state index is 11.2. The first-order valence-corrected chi connectivity index (χ1v) is 6.57. The molecule has 1 aliphatic rings. The fourth-order valence-corrected chi connectivity index (χ4v) is 2.56. The molecule has 1 aromatic carbocycles. The summed E-state index contributed by atoms with van der Waals surface area (Å²) in [5.41, 5.74) is 0.720. The summed E-state index contributed by atoms with van der Waals surface area (Å²) in [6.07, 6.45) is 4.60. The van der Waals surface area contributed by atoms with Gasteiger partial charge in [-0.1, -0.05) is 11.6 Å². The van der Waals surface area contributed by atoms with Crippen LogP contribution in [0.15, 0.2) is 18.3 Å². The van der Waals surface area contributed by atoms with Crippen molar-refractivity contribution in [1.29, 1.82) is 0 Å². The number of hydrogen-bond acceptors (Lipinski definition) is 3. The van der Waals surface area contributed by atoms with Gasteiger partial charge < -0.3 is 9.84 Å². The summed E-state index contributed by atoms with van der Waals surface area (Å²) < 4.78 is 7.33. The molecule has 6 heteroatoms. The summed E-state index contributed by atoms with van der Waals surface area (Å²) >= 11 is 6.08. The molecule has 5 nitrogen and oxygen atoms in total. The maximum atomic E-state index is 11.2. The van der Waals surface area contributed by atoms with Crippen LogP contribution in [0.1, 0.15) is 35.8 Å². The standard InChI is InChI=1S/C13H13ClN2O3/c14-10-5-4-8(13(17)18)9-7-16(15-12(9)10)11-3-1-2-6-19-11/h4-5,7,11H,1-3,6H2,(H,17,18). The molecule has 0 bridgehead atoms. The molecule has 1 aliphatic heterocycles. The summed E-state index contributed by atoms with van der Waals surface area (Å²) in [6.45, 7) is 0.709. The lowest BCUT2D eigenvalue weighted by atomic mass is 10.1. The van der Waals surface area contributed by atoms with Gasteiger partial charge in [-0.25, -0.2) is 9.48 Å².